The molecule has 2 aromatic rings. The predicted molar refractivity (Wildman–Crippen MR) is 82.6 cm³/mol. The van der Waals surface area contributed by atoms with E-state index in [2.05, 4.69) is 60.9 Å². The maximum Gasteiger partial charge on any atom is 0.0386 e. The van der Waals surface area contributed by atoms with Crippen LogP contribution < -0.4 is 5.32 Å². The molecule has 1 heterocycles. The first-order valence-electron chi connectivity index (χ1n) is 6.22. The lowest BCUT2D eigenvalue weighted by atomic mass is 10.2. The van der Waals surface area contributed by atoms with E-state index >= 15 is 0 Å². The topological polar surface area (TPSA) is 12.0 Å². The number of thiophene rings is 1. The highest BCUT2D eigenvalue weighted by Gasteiger charge is 2.05. The largest absolute Gasteiger partial charge is 0.309 e. The number of hydrogen-bond donors (Lipinski definition) is 1. The molecule has 1 aromatic carbocycles. The molecular formula is C15H19NS2. The van der Waals surface area contributed by atoms with Crippen LogP contribution >= 0.6 is 23.1 Å². The van der Waals surface area contributed by atoms with Crippen LogP contribution in [0.25, 0.3) is 0 Å². The van der Waals surface area contributed by atoms with Gasteiger partial charge in [-0.25, -0.2) is 0 Å². The lowest BCUT2D eigenvalue weighted by Crippen LogP contribution is -2.20. The minimum absolute atomic E-state index is 0.461. The molecule has 0 spiro atoms. The fourth-order valence-electron chi connectivity index (χ4n) is 1.79. The molecule has 1 unspecified atom stereocenters. The molecule has 1 nitrogen and oxygen atoms in total. The quantitative estimate of drug-likeness (QED) is 0.616. The Morgan fingerprint density at radius 2 is 2.06 bits per heavy atom. The third-order valence-electron chi connectivity index (χ3n) is 2.87. The van der Waals surface area contributed by atoms with Crippen LogP contribution in [0.3, 0.4) is 0 Å². The van der Waals surface area contributed by atoms with Gasteiger partial charge in [-0.2, -0.15) is 0 Å². The van der Waals surface area contributed by atoms with Crippen molar-refractivity contribution in [3.63, 3.8) is 0 Å². The van der Waals surface area contributed by atoms with Gasteiger partial charge in [0.05, 0.1) is 0 Å². The average Bonchev–Trinajstić information content (AvgIpc) is 2.90. The van der Waals surface area contributed by atoms with Gasteiger partial charge in [-0.3, -0.25) is 0 Å². The Kier molecular flexibility index (Phi) is 5.29. The van der Waals surface area contributed by atoms with E-state index in [0.29, 0.717) is 6.04 Å². The number of nitrogens with one attached hydrogen (secondary N) is 1. The zero-order valence-electron chi connectivity index (χ0n) is 10.8. The lowest BCUT2D eigenvalue weighted by Gasteiger charge is -2.12. The Balaban J connectivity index is 1.72. The summed E-state index contributed by atoms with van der Waals surface area (Å²) in [5.74, 6) is 1.11. The van der Waals surface area contributed by atoms with E-state index in [1.165, 1.54) is 15.3 Å². The summed E-state index contributed by atoms with van der Waals surface area (Å²) in [7, 11) is 0. The number of rotatable bonds is 6. The van der Waals surface area contributed by atoms with E-state index < -0.39 is 0 Å². The van der Waals surface area contributed by atoms with E-state index in [1.807, 2.05) is 23.1 Å². The minimum Gasteiger partial charge on any atom is -0.309 e. The molecule has 0 bridgehead atoms. The van der Waals surface area contributed by atoms with Crippen LogP contribution in [-0.2, 0) is 0 Å². The standard InChI is InChI=1S/C15H19NS2/c1-12-6-3-4-7-14(12)18-11-9-16-13(2)15-8-5-10-17-15/h3-8,10,13,16H,9,11H2,1-2H3. The van der Waals surface area contributed by atoms with Gasteiger partial charge in [0.2, 0.25) is 0 Å². The molecule has 0 saturated carbocycles. The first-order chi connectivity index (χ1) is 8.77. The molecule has 2 rings (SSSR count). The highest BCUT2D eigenvalue weighted by molar-refractivity contribution is 7.99. The maximum atomic E-state index is 3.56. The van der Waals surface area contributed by atoms with Crippen molar-refractivity contribution in [1.82, 2.24) is 5.32 Å². The van der Waals surface area contributed by atoms with E-state index in [0.717, 1.165) is 12.3 Å². The van der Waals surface area contributed by atoms with Crippen LogP contribution in [-0.4, -0.2) is 12.3 Å². The van der Waals surface area contributed by atoms with Gasteiger partial charge >= 0.3 is 0 Å². The van der Waals surface area contributed by atoms with E-state index in [4.69, 9.17) is 0 Å². The molecule has 1 atom stereocenters. The van der Waals surface area contributed by atoms with Crippen molar-refractivity contribution in [1.29, 1.82) is 0 Å². The van der Waals surface area contributed by atoms with Crippen molar-refractivity contribution in [3.05, 3.63) is 52.2 Å². The summed E-state index contributed by atoms with van der Waals surface area (Å²) < 4.78 is 0. The molecule has 1 N–H and O–H groups in total. The van der Waals surface area contributed by atoms with E-state index in [1.54, 1.807) is 0 Å². The summed E-state index contributed by atoms with van der Waals surface area (Å²) in [5, 5.41) is 5.70. The normalized spacial score (nSPS) is 12.6. The second kappa shape index (κ2) is 6.98. The Labute approximate surface area is 118 Å². The molecule has 0 radical (unpaired) electrons. The molecule has 0 aliphatic rings. The molecular weight excluding hydrogens is 258 g/mol. The molecule has 96 valence electrons. The van der Waals surface area contributed by atoms with Gasteiger partial charge in [0.15, 0.2) is 0 Å². The SMILES string of the molecule is Cc1ccccc1SCCNC(C)c1cccs1. The summed E-state index contributed by atoms with van der Waals surface area (Å²) >= 11 is 3.75. The van der Waals surface area contributed by atoms with Gasteiger partial charge in [-0.05, 0) is 36.9 Å². The Bertz CT molecular complexity index is 465. The number of benzene rings is 1. The smallest absolute Gasteiger partial charge is 0.0386 e. The summed E-state index contributed by atoms with van der Waals surface area (Å²) in [4.78, 5) is 2.80. The van der Waals surface area contributed by atoms with Gasteiger partial charge in [-0.15, -0.1) is 23.1 Å². The fourth-order valence-corrected chi connectivity index (χ4v) is 3.46. The van der Waals surface area contributed by atoms with Crippen LogP contribution in [0, 0.1) is 6.92 Å². The van der Waals surface area contributed by atoms with Gasteiger partial charge < -0.3 is 5.32 Å². The summed E-state index contributed by atoms with van der Waals surface area (Å²) in [6.07, 6.45) is 0. The fraction of sp³-hybridized carbons (Fsp3) is 0.333. The average molecular weight is 277 g/mol. The van der Waals surface area contributed by atoms with Gasteiger partial charge in [0.1, 0.15) is 0 Å². The monoisotopic (exact) mass is 277 g/mol. The first-order valence-corrected chi connectivity index (χ1v) is 8.09. The van der Waals surface area contributed by atoms with Crippen molar-refractivity contribution in [2.45, 2.75) is 24.8 Å². The molecule has 3 heteroatoms. The Morgan fingerprint density at radius 3 is 2.78 bits per heavy atom. The summed E-state index contributed by atoms with van der Waals surface area (Å²) in [6, 6.07) is 13.3. The second-order valence-electron chi connectivity index (χ2n) is 4.31. The zero-order valence-corrected chi connectivity index (χ0v) is 12.5. The summed E-state index contributed by atoms with van der Waals surface area (Å²) in [5.41, 5.74) is 1.37. The maximum absolute atomic E-state index is 3.56. The molecule has 0 amide bonds. The van der Waals surface area contributed by atoms with Gasteiger partial charge in [0, 0.05) is 28.1 Å². The van der Waals surface area contributed by atoms with Crippen LogP contribution in [0.5, 0.6) is 0 Å². The van der Waals surface area contributed by atoms with Crippen molar-refractivity contribution >= 4 is 23.1 Å². The van der Waals surface area contributed by atoms with Gasteiger partial charge in [0.25, 0.3) is 0 Å². The molecule has 1 aromatic heterocycles. The highest BCUT2D eigenvalue weighted by atomic mass is 32.2. The van der Waals surface area contributed by atoms with E-state index in [9.17, 15) is 0 Å². The van der Waals surface area contributed by atoms with Crippen molar-refractivity contribution in [2.75, 3.05) is 12.3 Å². The minimum atomic E-state index is 0.461. The van der Waals surface area contributed by atoms with Crippen LogP contribution in [0.1, 0.15) is 23.4 Å². The van der Waals surface area contributed by atoms with Crippen molar-refractivity contribution in [3.8, 4) is 0 Å². The number of aryl methyl sites for hydroxylation is 1. The lowest BCUT2D eigenvalue weighted by molar-refractivity contribution is 0.610. The highest BCUT2D eigenvalue weighted by Crippen LogP contribution is 2.22. The van der Waals surface area contributed by atoms with Crippen LogP contribution in [0.2, 0.25) is 0 Å². The van der Waals surface area contributed by atoms with Crippen LogP contribution in [0.4, 0.5) is 0 Å². The van der Waals surface area contributed by atoms with Crippen molar-refractivity contribution in [2.24, 2.45) is 0 Å². The van der Waals surface area contributed by atoms with Crippen LogP contribution in [0.15, 0.2) is 46.7 Å². The molecule has 0 aliphatic heterocycles. The number of thioether (sulfide) groups is 1. The van der Waals surface area contributed by atoms with Crippen molar-refractivity contribution < 1.29 is 0 Å². The third-order valence-corrected chi connectivity index (χ3v) is 5.11. The Hall–Kier alpha value is -0.770. The third kappa shape index (κ3) is 3.87. The zero-order chi connectivity index (χ0) is 12.8. The Morgan fingerprint density at radius 1 is 1.22 bits per heavy atom. The molecule has 0 fully saturated rings. The molecule has 18 heavy (non-hydrogen) atoms. The second-order valence-corrected chi connectivity index (χ2v) is 6.42. The first kappa shape index (κ1) is 13.7. The summed E-state index contributed by atoms with van der Waals surface area (Å²) in [6.45, 7) is 5.44. The predicted octanol–water partition coefficient (Wildman–Crippen LogP) is 4.50. The van der Waals surface area contributed by atoms with E-state index in [-0.39, 0.29) is 0 Å². The van der Waals surface area contributed by atoms with Gasteiger partial charge in [-0.1, -0.05) is 24.3 Å². The molecule has 0 saturated heterocycles. The number of hydrogen-bond acceptors (Lipinski definition) is 3. The molecule has 0 aliphatic carbocycles.